The van der Waals surface area contributed by atoms with Gasteiger partial charge >= 0.3 is 0 Å². The minimum Gasteiger partial charge on any atom is -0.619 e. The van der Waals surface area contributed by atoms with Crippen molar-refractivity contribution in [1.82, 2.24) is 9.88 Å². The van der Waals surface area contributed by atoms with Crippen molar-refractivity contribution in [1.29, 1.82) is 0 Å². The van der Waals surface area contributed by atoms with Gasteiger partial charge in [0, 0.05) is 37.2 Å². The molecule has 1 fully saturated rings. The van der Waals surface area contributed by atoms with Crippen molar-refractivity contribution in [3.05, 3.63) is 83.2 Å². The highest BCUT2D eigenvalue weighted by Gasteiger charge is 2.46. The van der Waals surface area contributed by atoms with E-state index in [2.05, 4.69) is 10.3 Å². The number of alkyl halides is 2. The van der Waals surface area contributed by atoms with Gasteiger partial charge in [0.15, 0.2) is 12.4 Å². The van der Waals surface area contributed by atoms with Crippen LogP contribution in [-0.2, 0) is 11.4 Å². The van der Waals surface area contributed by atoms with Crippen LogP contribution >= 0.6 is 0 Å². The van der Waals surface area contributed by atoms with E-state index in [0.717, 1.165) is 6.07 Å². The fourth-order valence-electron chi connectivity index (χ4n) is 4.09. The molecule has 3 heterocycles. The zero-order valence-corrected chi connectivity index (χ0v) is 19.4. The van der Waals surface area contributed by atoms with Crippen LogP contribution in [0, 0.1) is 11.0 Å². The Morgan fingerprint density at radius 1 is 1.31 bits per heavy atom. The zero-order valence-electron chi connectivity index (χ0n) is 19.4. The first-order valence-corrected chi connectivity index (χ1v) is 11.3. The van der Waals surface area contributed by atoms with Gasteiger partial charge in [-0.05, 0) is 42.8 Å². The van der Waals surface area contributed by atoms with Crippen LogP contribution in [0.4, 0.5) is 19.0 Å². The second-order valence-electron chi connectivity index (χ2n) is 8.61. The zero-order chi connectivity index (χ0) is 25.9. The first-order chi connectivity index (χ1) is 17.2. The van der Waals surface area contributed by atoms with Gasteiger partial charge in [-0.25, -0.2) is 18.2 Å². The lowest BCUT2D eigenvalue weighted by molar-refractivity contribution is -0.605. The van der Waals surface area contributed by atoms with E-state index in [1.807, 2.05) is 0 Å². The Kier molecular flexibility index (Phi) is 7.41. The standard InChI is InChI=1S/C25H25F3N4O4/c1-16(31-11-8-25(27,28)21(14-31)17-6-9-32(35)10-7-17)24(34)30-23-5-3-20(13-29-23)36-22-4-2-19(26)12-18(22)15-33/h2-7,9-10,12-13,16,21,33H,8,11,14-15H2,1H3,(H,29,30,34)/t16-,21+/m0/s1. The maximum absolute atomic E-state index is 14.6. The number of rotatable bonds is 7. The molecule has 1 saturated heterocycles. The molecule has 4 rings (SSSR count). The number of nitrogens with one attached hydrogen (secondary N) is 1. The van der Waals surface area contributed by atoms with Gasteiger partial charge in [-0.3, -0.25) is 9.69 Å². The molecule has 3 aromatic rings. The number of hydrogen-bond donors (Lipinski definition) is 2. The fourth-order valence-corrected chi connectivity index (χ4v) is 4.09. The molecule has 11 heteroatoms. The number of carbonyl (C=O) groups is 1. The number of aliphatic hydroxyl groups excluding tert-OH is 1. The summed E-state index contributed by atoms with van der Waals surface area (Å²) in [6.07, 6.45) is 3.31. The summed E-state index contributed by atoms with van der Waals surface area (Å²) in [6.45, 7) is 1.22. The molecule has 0 bridgehead atoms. The molecule has 0 aliphatic carbocycles. The summed E-state index contributed by atoms with van der Waals surface area (Å²) in [4.78, 5) is 18.7. The maximum Gasteiger partial charge on any atom is 0.257 e. The lowest BCUT2D eigenvalue weighted by atomic mass is 9.87. The van der Waals surface area contributed by atoms with Gasteiger partial charge in [0.05, 0.1) is 24.8 Å². The van der Waals surface area contributed by atoms with Crippen LogP contribution in [-0.4, -0.2) is 46.0 Å². The van der Waals surface area contributed by atoms with Crippen LogP contribution in [0.5, 0.6) is 11.5 Å². The molecule has 2 atom stereocenters. The minimum atomic E-state index is -2.96. The molecule has 1 aliphatic rings. The molecule has 0 spiro atoms. The Bertz CT molecular complexity index is 1210. The smallest absolute Gasteiger partial charge is 0.257 e. The van der Waals surface area contributed by atoms with Gasteiger partial charge in [0.25, 0.3) is 5.92 Å². The number of anilines is 1. The first kappa shape index (κ1) is 25.4. The molecule has 190 valence electrons. The van der Waals surface area contributed by atoms with E-state index in [9.17, 15) is 28.3 Å². The largest absolute Gasteiger partial charge is 0.619 e. The van der Waals surface area contributed by atoms with Crippen molar-refractivity contribution in [2.24, 2.45) is 0 Å². The van der Waals surface area contributed by atoms with E-state index >= 15 is 0 Å². The molecule has 1 aliphatic heterocycles. The number of aliphatic hydroxyl groups is 1. The molecular formula is C25H25F3N4O4. The molecule has 1 amide bonds. The summed E-state index contributed by atoms with van der Waals surface area (Å²) >= 11 is 0. The molecule has 36 heavy (non-hydrogen) atoms. The summed E-state index contributed by atoms with van der Waals surface area (Å²) in [7, 11) is 0. The SMILES string of the molecule is C[C@@H](C(=O)Nc1ccc(Oc2ccc(F)cc2CO)cn1)N1CCC(F)(F)[C@@H](c2cc[n+]([O-])cc2)C1. The predicted molar refractivity (Wildman–Crippen MR) is 124 cm³/mol. The molecule has 1 aromatic carbocycles. The highest BCUT2D eigenvalue weighted by Crippen LogP contribution is 2.40. The van der Waals surface area contributed by atoms with Gasteiger partial charge in [-0.2, -0.15) is 4.73 Å². The molecule has 0 unspecified atom stereocenters. The van der Waals surface area contributed by atoms with E-state index < -0.39 is 42.6 Å². The second-order valence-corrected chi connectivity index (χ2v) is 8.61. The van der Waals surface area contributed by atoms with Gasteiger partial charge < -0.3 is 20.4 Å². The van der Waals surface area contributed by atoms with Crippen LogP contribution in [0.25, 0.3) is 0 Å². The van der Waals surface area contributed by atoms with Crippen molar-refractivity contribution < 1.29 is 32.5 Å². The predicted octanol–water partition coefficient (Wildman–Crippen LogP) is 3.59. The maximum atomic E-state index is 14.6. The van der Waals surface area contributed by atoms with Crippen molar-refractivity contribution >= 4 is 11.7 Å². The number of halogens is 3. The fraction of sp³-hybridized carbons (Fsp3) is 0.320. The minimum absolute atomic E-state index is 0.0392. The number of ether oxygens (including phenoxy) is 1. The highest BCUT2D eigenvalue weighted by atomic mass is 19.3. The third-order valence-electron chi connectivity index (χ3n) is 6.22. The Balaban J connectivity index is 1.39. The van der Waals surface area contributed by atoms with Crippen LogP contribution < -0.4 is 14.8 Å². The monoisotopic (exact) mass is 502 g/mol. The van der Waals surface area contributed by atoms with E-state index in [-0.39, 0.29) is 30.2 Å². The number of aromatic nitrogens is 2. The average molecular weight is 502 g/mol. The summed E-state index contributed by atoms with van der Waals surface area (Å²) in [5, 5.41) is 23.3. The average Bonchev–Trinajstić information content (AvgIpc) is 2.86. The Labute approximate surface area is 205 Å². The topological polar surface area (TPSA) is 102 Å². The molecular weight excluding hydrogens is 477 g/mol. The van der Waals surface area contributed by atoms with Gasteiger partial charge in [0.1, 0.15) is 23.1 Å². The van der Waals surface area contributed by atoms with Gasteiger partial charge in [-0.15, -0.1) is 0 Å². The molecule has 0 saturated carbocycles. The summed E-state index contributed by atoms with van der Waals surface area (Å²) < 4.78 is 48.8. The number of amides is 1. The Hall–Kier alpha value is -3.70. The van der Waals surface area contributed by atoms with Crippen LogP contribution in [0.15, 0.2) is 61.1 Å². The number of nitrogens with zero attached hydrogens (tertiary/aromatic N) is 3. The number of carbonyl (C=O) groups excluding carboxylic acids is 1. The highest BCUT2D eigenvalue weighted by molar-refractivity contribution is 5.93. The Morgan fingerprint density at radius 2 is 2.06 bits per heavy atom. The van der Waals surface area contributed by atoms with Crippen molar-refractivity contribution in [2.75, 3.05) is 18.4 Å². The third-order valence-corrected chi connectivity index (χ3v) is 6.22. The quantitative estimate of drug-likeness (QED) is 0.378. The van der Waals surface area contributed by atoms with Crippen LogP contribution in [0.1, 0.15) is 30.4 Å². The lowest BCUT2D eigenvalue weighted by Gasteiger charge is -2.40. The number of benzene rings is 1. The van der Waals surface area contributed by atoms with Gasteiger partial charge in [-0.1, -0.05) is 0 Å². The van der Waals surface area contributed by atoms with E-state index in [1.165, 1.54) is 48.9 Å². The van der Waals surface area contributed by atoms with E-state index in [0.29, 0.717) is 16.0 Å². The number of hydrogen-bond acceptors (Lipinski definition) is 6. The molecule has 0 radical (unpaired) electrons. The summed E-state index contributed by atoms with van der Waals surface area (Å²) in [5.41, 5.74) is 0.613. The van der Waals surface area contributed by atoms with E-state index in [1.54, 1.807) is 17.9 Å². The summed E-state index contributed by atoms with van der Waals surface area (Å²) in [6, 6.07) is 8.87. The molecule has 2 N–H and O–H groups in total. The number of piperidine rings is 1. The number of likely N-dealkylation sites (tertiary alicyclic amines) is 1. The van der Waals surface area contributed by atoms with Gasteiger partial charge in [0.2, 0.25) is 5.91 Å². The van der Waals surface area contributed by atoms with Crippen molar-refractivity contribution in [2.45, 2.75) is 37.8 Å². The lowest BCUT2D eigenvalue weighted by Crippen LogP contribution is -2.52. The first-order valence-electron chi connectivity index (χ1n) is 11.3. The molecule has 2 aromatic heterocycles. The van der Waals surface area contributed by atoms with Crippen molar-refractivity contribution in [3.63, 3.8) is 0 Å². The van der Waals surface area contributed by atoms with Crippen molar-refractivity contribution in [3.8, 4) is 11.5 Å². The summed E-state index contributed by atoms with van der Waals surface area (Å²) in [5.74, 6) is -4.20. The van der Waals surface area contributed by atoms with Crippen LogP contribution in [0.3, 0.4) is 0 Å². The Morgan fingerprint density at radius 3 is 2.72 bits per heavy atom. The van der Waals surface area contributed by atoms with Crippen LogP contribution in [0.2, 0.25) is 0 Å². The second kappa shape index (κ2) is 10.5. The molecule has 8 nitrogen and oxygen atoms in total. The normalized spacial score (nSPS) is 18.4. The third kappa shape index (κ3) is 5.74. The van der Waals surface area contributed by atoms with E-state index in [4.69, 9.17) is 4.74 Å². The number of pyridine rings is 2.